The Morgan fingerprint density at radius 1 is 1.20 bits per heavy atom. The third-order valence-electron chi connectivity index (χ3n) is 2.33. The molecule has 2 nitrogen and oxygen atoms in total. The van der Waals surface area contributed by atoms with Gasteiger partial charge in [0.1, 0.15) is 11.8 Å². The van der Waals surface area contributed by atoms with Crippen molar-refractivity contribution in [1.29, 1.82) is 5.26 Å². The first kappa shape index (κ1) is 10.0. The Morgan fingerprint density at radius 2 is 1.87 bits per heavy atom. The van der Waals surface area contributed by atoms with Gasteiger partial charge in [-0.3, -0.25) is 0 Å². The lowest BCUT2D eigenvalue weighted by Crippen LogP contribution is -1.90. The lowest BCUT2D eigenvalue weighted by Gasteiger charge is -2.00. The molecule has 1 aromatic heterocycles. The molecule has 2 rings (SSSR count). The van der Waals surface area contributed by atoms with Crippen molar-refractivity contribution in [3.05, 3.63) is 46.7 Å². The van der Waals surface area contributed by atoms with Crippen molar-refractivity contribution >= 4 is 15.9 Å². The van der Waals surface area contributed by atoms with Crippen LogP contribution in [0, 0.1) is 11.3 Å². The van der Waals surface area contributed by atoms with Gasteiger partial charge < -0.3 is 4.57 Å². The van der Waals surface area contributed by atoms with E-state index in [4.69, 9.17) is 5.26 Å². The van der Waals surface area contributed by atoms with Crippen molar-refractivity contribution in [2.45, 2.75) is 0 Å². The highest BCUT2D eigenvalue weighted by Crippen LogP contribution is 2.25. The summed E-state index contributed by atoms with van der Waals surface area (Å²) in [6.07, 6.45) is 1.90. The Balaban J connectivity index is 2.55. The van der Waals surface area contributed by atoms with E-state index in [9.17, 15) is 0 Å². The van der Waals surface area contributed by atoms with Crippen LogP contribution in [0.4, 0.5) is 0 Å². The van der Waals surface area contributed by atoms with Crippen molar-refractivity contribution in [3.63, 3.8) is 0 Å². The summed E-state index contributed by atoms with van der Waals surface area (Å²) in [7, 11) is 1.88. The van der Waals surface area contributed by atoms with Crippen LogP contribution in [0.2, 0.25) is 0 Å². The number of aromatic nitrogens is 1. The molecule has 2 aromatic rings. The van der Waals surface area contributed by atoms with E-state index in [1.54, 1.807) is 0 Å². The second kappa shape index (κ2) is 3.92. The second-order valence-corrected chi connectivity index (χ2v) is 4.22. The fourth-order valence-electron chi connectivity index (χ4n) is 1.53. The second-order valence-electron chi connectivity index (χ2n) is 3.31. The number of aryl methyl sites for hydroxylation is 1. The van der Waals surface area contributed by atoms with Gasteiger partial charge in [0.2, 0.25) is 0 Å². The molecule has 1 aromatic carbocycles. The average Bonchev–Trinajstić information content (AvgIpc) is 2.61. The molecule has 3 heteroatoms. The van der Waals surface area contributed by atoms with E-state index in [1.807, 2.05) is 48.1 Å². The number of hydrogen-bond acceptors (Lipinski definition) is 1. The Labute approximate surface area is 96.9 Å². The molecule has 1 heterocycles. The van der Waals surface area contributed by atoms with Crippen molar-refractivity contribution in [1.82, 2.24) is 4.57 Å². The minimum atomic E-state index is 0.692. The molecule has 0 saturated heterocycles. The summed E-state index contributed by atoms with van der Waals surface area (Å²) in [5.41, 5.74) is 2.74. The van der Waals surface area contributed by atoms with Gasteiger partial charge >= 0.3 is 0 Å². The van der Waals surface area contributed by atoms with Gasteiger partial charge in [0.15, 0.2) is 0 Å². The molecule has 74 valence electrons. The monoisotopic (exact) mass is 260 g/mol. The zero-order chi connectivity index (χ0) is 10.8. The van der Waals surface area contributed by atoms with Crippen LogP contribution >= 0.6 is 15.9 Å². The quantitative estimate of drug-likeness (QED) is 0.774. The molecular formula is C12H9BrN2. The van der Waals surface area contributed by atoms with Crippen LogP contribution < -0.4 is 0 Å². The van der Waals surface area contributed by atoms with Crippen molar-refractivity contribution in [2.75, 3.05) is 0 Å². The number of rotatable bonds is 1. The molecule has 0 unspecified atom stereocenters. The van der Waals surface area contributed by atoms with Gasteiger partial charge in [-0.05, 0) is 23.8 Å². The highest BCUT2D eigenvalue weighted by Gasteiger charge is 2.07. The Bertz CT molecular complexity index is 518. The maximum absolute atomic E-state index is 9.02. The van der Waals surface area contributed by atoms with E-state index in [0.717, 1.165) is 15.6 Å². The summed E-state index contributed by atoms with van der Waals surface area (Å²) >= 11 is 3.39. The van der Waals surface area contributed by atoms with E-state index in [0.29, 0.717) is 5.69 Å². The standard InChI is InChI=1S/C12H9BrN2/c1-15-7-6-11(12(15)8-14)9-2-4-10(13)5-3-9/h2-7H,1H3. The lowest BCUT2D eigenvalue weighted by molar-refractivity contribution is 0.909. The predicted octanol–water partition coefficient (Wildman–Crippen LogP) is 3.33. The van der Waals surface area contributed by atoms with Crippen LogP contribution in [0.1, 0.15) is 5.69 Å². The van der Waals surface area contributed by atoms with E-state index in [1.165, 1.54) is 0 Å². The third-order valence-corrected chi connectivity index (χ3v) is 2.86. The van der Waals surface area contributed by atoms with E-state index >= 15 is 0 Å². The van der Waals surface area contributed by atoms with Crippen LogP contribution in [0.15, 0.2) is 41.0 Å². The Kier molecular flexibility index (Phi) is 2.61. The van der Waals surface area contributed by atoms with Crippen LogP contribution in [0.5, 0.6) is 0 Å². The molecule has 0 bridgehead atoms. The van der Waals surface area contributed by atoms with Gasteiger partial charge in [0.05, 0.1) is 0 Å². The molecule has 0 spiro atoms. The molecule has 0 aliphatic rings. The molecule has 0 fully saturated rings. The van der Waals surface area contributed by atoms with Crippen LogP contribution in [-0.2, 0) is 7.05 Å². The molecule has 0 aliphatic heterocycles. The van der Waals surface area contributed by atoms with Crippen LogP contribution in [0.25, 0.3) is 11.1 Å². The summed E-state index contributed by atoms with van der Waals surface area (Å²) in [5, 5.41) is 9.02. The molecule has 0 radical (unpaired) electrons. The highest BCUT2D eigenvalue weighted by atomic mass is 79.9. The minimum Gasteiger partial charge on any atom is -0.342 e. The number of nitriles is 1. The molecule has 0 amide bonds. The zero-order valence-electron chi connectivity index (χ0n) is 8.24. The van der Waals surface area contributed by atoms with Gasteiger partial charge in [-0.15, -0.1) is 0 Å². The average molecular weight is 261 g/mol. The van der Waals surface area contributed by atoms with Crippen LogP contribution in [-0.4, -0.2) is 4.57 Å². The first-order valence-corrected chi connectivity index (χ1v) is 5.33. The topological polar surface area (TPSA) is 28.7 Å². The third kappa shape index (κ3) is 1.81. The largest absolute Gasteiger partial charge is 0.342 e. The Morgan fingerprint density at radius 3 is 2.47 bits per heavy atom. The van der Waals surface area contributed by atoms with Gasteiger partial charge in [-0.2, -0.15) is 5.26 Å². The number of benzene rings is 1. The predicted molar refractivity (Wildman–Crippen MR) is 63.3 cm³/mol. The fourth-order valence-corrected chi connectivity index (χ4v) is 1.80. The molecule has 0 aliphatic carbocycles. The fraction of sp³-hybridized carbons (Fsp3) is 0.0833. The van der Waals surface area contributed by atoms with Crippen molar-refractivity contribution in [3.8, 4) is 17.2 Å². The smallest absolute Gasteiger partial charge is 0.127 e. The maximum Gasteiger partial charge on any atom is 0.127 e. The number of nitrogens with zero attached hydrogens (tertiary/aromatic N) is 2. The number of halogens is 1. The van der Waals surface area contributed by atoms with Gasteiger partial charge in [0.25, 0.3) is 0 Å². The molecule has 0 saturated carbocycles. The molecule has 0 N–H and O–H groups in total. The van der Waals surface area contributed by atoms with E-state index < -0.39 is 0 Å². The Hall–Kier alpha value is -1.53. The summed E-state index contributed by atoms with van der Waals surface area (Å²) in [6.45, 7) is 0. The van der Waals surface area contributed by atoms with Crippen molar-refractivity contribution < 1.29 is 0 Å². The van der Waals surface area contributed by atoms with Crippen LogP contribution in [0.3, 0.4) is 0 Å². The normalized spacial score (nSPS) is 9.93. The summed E-state index contributed by atoms with van der Waals surface area (Å²) in [4.78, 5) is 0. The lowest BCUT2D eigenvalue weighted by atomic mass is 10.1. The van der Waals surface area contributed by atoms with Gasteiger partial charge in [0, 0.05) is 23.3 Å². The number of hydrogen-bond donors (Lipinski definition) is 0. The highest BCUT2D eigenvalue weighted by molar-refractivity contribution is 9.10. The SMILES string of the molecule is Cn1ccc(-c2ccc(Br)cc2)c1C#N. The molecular weight excluding hydrogens is 252 g/mol. The van der Waals surface area contributed by atoms with E-state index in [2.05, 4.69) is 22.0 Å². The van der Waals surface area contributed by atoms with Gasteiger partial charge in [-0.25, -0.2) is 0 Å². The van der Waals surface area contributed by atoms with Gasteiger partial charge in [-0.1, -0.05) is 28.1 Å². The van der Waals surface area contributed by atoms with Crippen molar-refractivity contribution in [2.24, 2.45) is 7.05 Å². The van der Waals surface area contributed by atoms with E-state index in [-0.39, 0.29) is 0 Å². The summed E-state index contributed by atoms with van der Waals surface area (Å²) in [6, 6.07) is 12.1. The maximum atomic E-state index is 9.02. The molecule has 0 atom stereocenters. The minimum absolute atomic E-state index is 0.692. The summed E-state index contributed by atoms with van der Waals surface area (Å²) in [5.74, 6) is 0. The molecule has 15 heavy (non-hydrogen) atoms. The first-order chi connectivity index (χ1) is 7.22. The first-order valence-electron chi connectivity index (χ1n) is 4.53. The zero-order valence-corrected chi connectivity index (χ0v) is 9.82. The summed E-state index contributed by atoms with van der Waals surface area (Å²) < 4.78 is 2.87.